The number of benzene rings is 1. The zero-order valence-electron chi connectivity index (χ0n) is 9.45. The van der Waals surface area contributed by atoms with Crippen molar-refractivity contribution in [2.75, 3.05) is 6.54 Å². The van der Waals surface area contributed by atoms with E-state index in [0.29, 0.717) is 23.6 Å². The lowest BCUT2D eigenvalue weighted by atomic mass is 10.1. The Labute approximate surface area is 115 Å². The van der Waals surface area contributed by atoms with Crippen molar-refractivity contribution in [3.63, 3.8) is 0 Å². The van der Waals surface area contributed by atoms with Crippen LogP contribution in [0.1, 0.15) is 15.9 Å². The van der Waals surface area contributed by atoms with E-state index in [1.54, 1.807) is 0 Å². The van der Waals surface area contributed by atoms with Gasteiger partial charge < -0.3 is 9.73 Å². The summed E-state index contributed by atoms with van der Waals surface area (Å²) in [4.78, 5) is 11.7. The highest BCUT2D eigenvalue weighted by atomic mass is 35.5. The molecule has 0 fully saturated rings. The molecule has 0 aliphatic carbocycles. The summed E-state index contributed by atoms with van der Waals surface area (Å²) in [6.07, 6.45) is 2.09. The van der Waals surface area contributed by atoms with Crippen LogP contribution < -0.4 is 5.32 Å². The Morgan fingerprint density at radius 1 is 1.28 bits per heavy atom. The van der Waals surface area contributed by atoms with Gasteiger partial charge in [0, 0.05) is 11.6 Å². The Hall–Kier alpha value is -1.45. The molecule has 0 aliphatic heterocycles. The van der Waals surface area contributed by atoms with Crippen molar-refractivity contribution in [3.05, 3.63) is 58.0 Å². The molecule has 0 aliphatic rings. The number of carbonyl (C=O) groups is 1. The number of furan rings is 1. The molecule has 18 heavy (non-hydrogen) atoms. The fraction of sp³-hybridized carbons (Fsp3) is 0.154. The lowest BCUT2D eigenvalue weighted by Crippen LogP contribution is -2.25. The van der Waals surface area contributed by atoms with Gasteiger partial charge in [0.15, 0.2) is 0 Å². The van der Waals surface area contributed by atoms with Gasteiger partial charge >= 0.3 is 0 Å². The molecule has 5 heteroatoms. The number of nitrogens with one attached hydrogen (secondary N) is 1. The molecule has 0 spiro atoms. The number of hydrogen-bond acceptors (Lipinski definition) is 2. The summed E-state index contributed by atoms with van der Waals surface area (Å²) >= 11 is 11.6. The smallest absolute Gasteiger partial charge is 0.256 e. The summed E-state index contributed by atoms with van der Waals surface area (Å²) in [5.41, 5.74) is 1.42. The highest BCUT2D eigenvalue weighted by Gasteiger charge is 2.11. The minimum absolute atomic E-state index is 0.107. The van der Waals surface area contributed by atoms with E-state index < -0.39 is 0 Å². The predicted octanol–water partition coefficient (Wildman–Crippen LogP) is 3.56. The van der Waals surface area contributed by atoms with Crippen LogP contribution in [0.5, 0.6) is 0 Å². The lowest BCUT2D eigenvalue weighted by Gasteiger charge is -2.04. The molecule has 0 saturated heterocycles. The molecule has 2 rings (SSSR count). The maximum Gasteiger partial charge on any atom is 0.256 e. The largest absolute Gasteiger partial charge is 0.452 e. The zero-order valence-corrected chi connectivity index (χ0v) is 11.0. The Morgan fingerprint density at radius 2 is 2.11 bits per heavy atom. The number of amides is 1. The second kappa shape index (κ2) is 5.94. The van der Waals surface area contributed by atoms with Crippen LogP contribution >= 0.6 is 23.2 Å². The van der Waals surface area contributed by atoms with Gasteiger partial charge in [-0.2, -0.15) is 0 Å². The average molecular weight is 284 g/mol. The summed E-state index contributed by atoms with van der Waals surface area (Å²) in [5, 5.41) is 3.57. The van der Waals surface area contributed by atoms with Crippen molar-refractivity contribution >= 4 is 29.1 Å². The Morgan fingerprint density at radius 3 is 2.78 bits per heavy atom. The first-order chi connectivity index (χ1) is 8.66. The van der Waals surface area contributed by atoms with E-state index in [0.717, 1.165) is 5.56 Å². The van der Waals surface area contributed by atoms with Crippen molar-refractivity contribution in [1.29, 1.82) is 0 Å². The van der Waals surface area contributed by atoms with Gasteiger partial charge in [0.05, 0.1) is 11.8 Å². The van der Waals surface area contributed by atoms with Crippen molar-refractivity contribution in [1.82, 2.24) is 5.32 Å². The van der Waals surface area contributed by atoms with Gasteiger partial charge in [0.25, 0.3) is 5.91 Å². The average Bonchev–Trinajstić information content (AvgIpc) is 2.75. The Balaban J connectivity index is 1.86. The third kappa shape index (κ3) is 3.28. The van der Waals surface area contributed by atoms with E-state index >= 15 is 0 Å². The third-order valence-electron chi connectivity index (χ3n) is 2.45. The Bertz CT molecular complexity index is 551. The molecular weight excluding hydrogens is 273 g/mol. The second-order valence-electron chi connectivity index (χ2n) is 3.74. The van der Waals surface area contributed by atoms with Gasteiger partial charge in [-0.15, -0.1) is 0 Å². The molecule has 0 saturated carbocycles. The lowest BCUT2D eigenvalue weighted by molar-refractivity contribution is 0.0953. The first-order valence-corrected chi connectivity index (χ1v) is 6.18. The van der Waals surface area contributed by atoms with Gasteiger partial charge in [-0.05, 0) is 41.8 Å². The van der Waals surface area contributed by atoms with Crippen molar-refractivity contribution in [3.8, 4) is 0 Å². The van der Waals surface area contributed by atoms with Crippen LogP contribution in [-0.2, 0) is 6.42 Å². The first kappa shape index (κ1) is 13.0. The van der Waals surface area contributed by atoms with Crippen LogP contribution in [0, 0.1) is 0 Å². The molecule has 1 N–H and O–H groups in total. The van der Waals surface area contributed by atoms with E-state index in [9.17, 15) is 4.79 Å². The number of rotatable bonds is 4. The maximum absolute atomic E-state index is 11.7. The second-order valence-corrected chi connectivity index (χ2v) is 4.52. The fourth-order valence-corrected chi connectivity index (χ4v) is 1.98. The minimum atomic E-state index is -0.240. The van der Waals surface area contributed by atoms with Crippen molar-refractivity contribution < 1.29 is 9.21 Å². The van der Waals surface area contributed by atoms with Gasteiger partial charge in [-0.1, -0.05) is 23.7 Å². The highest BCUT2D eigenvalue weighted by molar-refractivity contribution is 6.32. The number of hydrogen-bond donors (Lipinski definition) is 1. The van der Waals surface area contributed by atoms with E-state index in [-0.39, 0.29) is 11.1 Å². The number of halogens is 2. The molecule has 1 amide bonds. The molecule has 2 aromatic rings. The summed E-state index contributed by atoms with van der Waals surface area (Å²) in [5.74, 6) is -0.240. The van der Waals surface area contributed by atoms with Crippen molar-refractivity contribution in [2.24, 2.45) is 0 Å². The normalized spacial score (nSPS) is 10.3. The van der Waals surface area contributed by atoms with Crippen LogP contribution in [-0.4, -0.2) is 12.5 Å². The molecule has 1 aromatic heterocycles. The molecule has 0 atom stereocenters. The standard InChI is InChI=1S/C13H11Cl2NO2/c14-10-3-1-2-9(8-10)4-6-16-13(17)11-5-7-18-12(11)15/h1-3,5,7-8H,4,6H2,(H,16,17). The van der Waals surface area contributed by atoms with Crippen LogP contribution in [0.25, 0.3) is 0 Å². The molecule has 0 radical (unpaired) electrons. The van der Waals surface area contributed by atoms with Crippen LogP contribution in [0.15, 0.2) is 41.0 Å². The topological polar surface area (TPSA) is 42.2 Å². The maximum atomic E-state index is 11.7. The van der Waals surface area contributed by atoms with E-state index in [4.69, 9.17) is 27.6 Å². The van der Waals surface area contributed by atoms with Crippen LogP contribution in [0.3, 0.4) is 0 Å². The molecule has 94 valence electrons. The molecule has 0 unspecified atom stereocenters. The number of carbonyl (C=O) groups excluding carboxylic acids is 1. The van der Waals surface area contributed by atoms with E-state index in [2.05, 4.69) is 5.32 Å². The molecule has 3 nitrogen and oxygen atoms in total. The van der Waals surface area contributed by atoms with Gasteiger partial charge in [-0.3, -0.25) is 4.79 Å². The predicted molar refractivity (Wildman–Crippen MR) is 71.2 cm³/mol. The van der Waals surface area contributed by atoms with Gasteiger partial charge in [0.2, 0.25) is 5.22 Å². The first-order valence-electron chi connectivity index (χ1n) is 5.42. The Kier molecular flexibility index (Phi) is 4.28. The van der Waals surface area contributed by atoms with E-state index in [1.165, 1.54) is 12.3 Å². The zero-order chi connectivity index (χ0) is 13.0. The van der Waals surface area contributed by atoms with Crippen LogP contribution in [0.2, 0.25) is 10.2 Å². The molecule has 1 aromatic carbocycles. The van der Waals surface area contributed by atoms with Gasteiger partial charge in [-0.25, -0.2) is 0 Å². The molecular formula is C13H11Cl2NO2. The van der Waals surface area contributed by atoms with Crippen LogP contribution in [0.4, 0.5) is 0 Å². The van der Waals surface area contributed by atoms with E-state index in [1.807, 2.05) is 24.3 Å². The highest BCUT2D eigenvalue weighted by Crippen LogP contribution is 2.16. The third-order valence-corrected chi connectivity index (χ3v) is 2.98. The SMILES string of the molecule is O=C(NCCc1cccc(Cl)c1)c1ccoc1Cl. The summed E-state index contributed by atoms with van der Waals surface area (Å²) < 4.78 is 4.85. The minimum Gasteiger partial charge on any atom is -0.452 e. The molecule has 0 bridgehead atoms. The quantitative estimate of drug-likeness (QED) is 0.932. The van der Waals surface area contributed by atoms with Gasteiger partial charge in [0.1, 0.15) is 0 Å². The summed E-state index contributed by atoms with van der Waals surface area (Å²) in [7, 11) is 0. The molecule has 1 heterocycles. The van der Waals surface area contributed by atoms with Crippen molar-refractivity contribution in [2.45, 2.75) is 6.42 Å². The monoisotopic (exact) mass is 283 g/mol. The fourth-order valence-electron chi connectivity index (χ4n) is 1.56. The summed E-state index contributed by atoms with van der Waals surface area (Å²) in [6, 6.07) is 9.07. The summed E-state index contributed by atoms with van der Waals surface area (Å²) in [6.45, 7) is 0.515.